The smallest absolute Gasteiger partial charge is 0.233 e. The standard InChI is InChI=1S/C20H28N2O2/c1-16-14-22(15-18(16)21-10-12-24-13-11-21)19(23)20(8-5-9-20)17-6-3-2-4-7-17/h2-4,6-7,16,18H,5,8-15H2,1H3/t16-,18+/m1/s1. The Balaban J connectivity index is 1.50. The van der Waals surface area contributed by atoms with Gasteiger partial charge in [-0.1, -0.05) is 43.7 Å². The summed E-state index contributed by atoms with van der Waals surface area (Å²) in [4.78, 5) is 18.1. The average Bonchev–Trinajstić information content (AvgIpc) is 2.97. The van der Waals surface area contributed by atoms with Crippen molar-refractivity contribution >= 4 is 5.91 Å². The van der Waals surface area contributed by atoms with Crippen LogP contribution in [0.5, 0.6) is 0 Å². The highest BCUT2D eigenvalue weighted by atomic mass is 16.5. The van der Waals surface area contributed by atoms with Crippen LogP contribution in [0.3, 0.4) is 0 Å². The Morgan fingerprint density at radius 1 is 1.12 bits per heavy atom. The first-order chi connectivity index (χ1) is 11.7. The molecule has 0 bridgehead atoms. The van der Waals surface area contributed by atoms with Gasteiger partial charge in [0.05, 0.1) is 18.6 Å². The van der Waals surface area contributed by atoms with E-state index in [0.29, 0.717) is 17.9 Å². The van der Waals surface area contributed by atoms with Gasteiger partial charge < -0.3 is 9.64 Å². The number of likely N-dealkylation sites (tertiary alicyclic amines) is 1. The normalized spacial score (nSPS) is 30.1. The summed E-state index contributed by atoms with van der Waals surface area (Å²) in [5.41, 5.74) is 0.963. The van der Waals surface area contributed by atoms with Gasteiger partial charge in [0.1, 0.15) is 0 Å². The van der Waals surface area contributed by atoms with E-state index in [4.69, 9.17) is 4.74 Å². The molecule has 2 heterocycles. The molecule has 2 atom stereocenters. The van der Waals surface area contributed by atoms with E-state index >= 15 is 0 Å². The molecular formula is C20H28N2O2. The molecule has 2 saturated heterocycles. The number of morpholine rings is 1. The van der Waals surface area contributed by atoms with Crippen molar-refractivity contribution in [3.05, 3.63) is 35.9 Å². The van der Waals surface area contributed by atoms with Crippen molar-refractivity contribution in [3.63, 3.8) is 0 Å². The number of carbonyl (C=O) groups excluding carboxylic acids is 1. The molecule has 0 unspecified atom stereocenters. The molecule has 0 aromatic heterocycles. The maximum Gasteiger partial charge on any atom is 0.233 e. The first-order valence-corrected chi connectivity index (χ1v) is 9.37. The molecule has 24 heavy (non-hydrogen) atoms. The lowest BCUT2D eigenvalue weighted by molar-refractivity contribution is -0.140. The van der Waals surface area contributed by atoms with E-state index in [0.717, 1.165) is 58.7 Å². The Morgan fingerprint density at radius 2 is 1.83 bits per heavy atom. The third-order valence-electron chi connectivity index (χ3n) is 6.32. The first kappa shape index (κ1) is 16.1. The van der Waals surface area contributed by atoms with Gasteiger partial charge >= 0.3 is 0 Å². The number of nitrogens with zero attached hydrogens (tertiary/aromatic N) is 2. The topological polar surface area (TPSA) is 32.8 Å². The summed E-state index contributed by atoms with van der Waals surface area (Å²) < 4.78 is 5.49. The fraction of sp³-hybridized carbons (Fsp3) is 0.650. The Kier molecular flexibility index (Phi) is 4.35. The molecular weight excluding hydrogens is 300 g/mol. The van der Waals surface area contributed by atoms with E-state index in [9.17, 15) is 4.79 Å². The molecule has 1 saturated carbocycles. The Morgan fingerprint density at radius 3 is 2.46 bits per heavy atom. The van der Waals surface area contributed by atoms with Crippen LogP contribution in [0.2, 0.25) is 0 Å². The SMILES string of the molecule is C[C@@H]1CN(C(=O)C2(c3ccccc3)CCC2)C[C@@H]1N1CCOCC1. The second-order valence-corrected chi connectivity index (χ2v) is 7.70. The van der Waals surface area contributed by atoms with Crippen LogP contribution >= 0.6 is 0 Å². The van der Waals surface area contributed by atoms with E-state index in [-0.39, 0.29) is 5.41 Å². The average molecular weight is 328 g/mol. The Hall–Kier alpha value is -1.39. The lowest BCUT2D eigenvalue weighted by Crippen LogP contribution is -2.51. The van der Waals surface area contributed by atoms with E-state index in [1.54, 1.807) is 0 Å². The quantitative estimate of drug-likeness (QED) is 0.853. The van der Waals surface area contributed by atoms with Crippen LogP contribution in [0.25, 0.3) is 0 Å². The predicted molar refractivity (Wildman–Crippen MR) is 93.9 cm³/mol. The molecule has 1 aliphatic carbocycles. The number of hydrogen-bond acceptors (Lipinski definition) is 3. The molecule has 130 valence electrons. The number of amides is 1. The zero-order chi connectivity index (χ0) is 16.6. The molecule has 1 amide bonds. The molecule has 4 heteroatoms. The van der Waals surface area contributed by atoms with Gasteiger partial charge in [0.25, 0.3) is 0 Å². The van der Waals surface area contributed by atoms with Gasteiger partial charge in [0.2, 0.25) is 5.91 Å². The number of benzene rings is 1. The van der Waals surface area contributed by atoms with Crippen molar-refractivity contribution in [2.45, 2.75) is 37.6 Å². The van der Waals surface area contributed by atoms with Crippen molar-refractivity contribution in [3.8, 4) is 0 Å². The van der Waals surface area contributed by atoms with Gasteiger partial charge in [-0.15, -0.1) is 0 Å². The largest absolute Gasteiger partial charge is 0.379 e. The molecule has 3 aliphatic rings. The highest BCUT2D eigenvalue weighted by Gasteiger charge is 2.50. The van der Waals surface area contributed by atoms with Crippen molar-refractivity contribution in [2.75, 3.05) is 39.4 Å². The summed E-state index contributed by atoms with van der Waals surface area (Å²) in [5.74, 6) is 0.905. The third-order valence-corrected chi connectivity index (χ3v) is 6.32. The van der Waals surface area contributed by atoms with Crippen molar-refractivity contribution in [2.24, 2.45) is 5.92 Å². The number of carbonyl (C=O) groups is 1. The van der Waals surface area contributed by atoms with E-state index in [1.165, 1.54) is 5.56 Å². The zero-order valence-corrected chi connectivity index (χ0v) is 14.6. The predicted octanol–water partition coefficient (Wildman–Crippen LogP) is 2.29. The molecule has 2 aliphatic heterocycles. The molecule has 0 radical (unpaired) electrons. The van der Waals surface area contributed by atoms with Crippen LogP contribution in [-0.2, 0) is 14.9 Å². The van der Waals surface area contributed by atoms with Crippen molar-refractivity contribution in [1.29, 1.82) is 0 Å². The second-order valence-electron chi connectivity index (χ2n) is 7.70. The first-order valence-electron chi connectivity index (χ1n) is 9.37. The maximum atomic E-state index is 13.4. The number of ether oxygens (including phenoxy) is 1. The van der Waals surface area contributed by atoms with E-state index in [2.05, 4.69) is 41.0 Å². The van der Waals surface area contributed by atoms with Crippen LogP contribution in [-0.4, -0.2) is 61.1 Å². The van der Waals surface area contributed by atoms with Crippen LogP contribution in [0, 0.1) is 5.92 Å². The summed E-state index contributed by atoms with van der Waals surface area (Å²) >= 11 is 0. The van der Waals surface area contributed by atoms with Crippen LogP contribution in [0.1, 0.15) is 31.7 Å². The molecule has 1 aromatic carbocycles. The molecule has 4 nitrogen and oxygen atoms in total. The minimum absolute atomic E-state index is 0.249. The Bertz CT molecular complexity index is 579. The highest BCUT2D eigenvalue weighted by molar-refractivity contribution is 5.89. The van der Waals surface area contributed by atoms with Gasteiger partial charge in [0.15, 0.2) is 0 Å². The van der Waals surface area contributed by atoms with E-state index < -0.39 is 0 Å². The van der Waals surface area contributed by atoms with E-state index in [1.807, 2.05) is 6.07 Å². The maximum absolute atomic E-state index is 13.4. The molecule has 3 fully saturated rings. The second kappa shape index (κ2) is 6.49. The van der Waals surface area contributed by atoms with Gasteiger partial charge in [-0.05, 0) is 24.3 Å². The number of hydrogen-bond donors (Lipinski definition) is 0. The van der Waals surface area contributed by atoms with Crippen LogP contribution < -0.4 is 0 Å². The molecule has 1 aromatic rings. The summed E-state index contributed by atoms with van der Waals surface area (Å²) in [7, 11) is 0. The summed E-state index contributed by atoms with van der Waals surface area (Å²) in [5, 5.41) is 0. The highest BCUT2D eigenvalue weighted by Crippen LogP contribution is 2.46. The lowest BCUT2D eigenvalue weighted by Gasteiger charge is -2.43. The van der Waals surface area contributed by atoms with Crippen molar-refractivity contribution < 1.29 is 9.53 Å². The minimum atomic E-state index is -0.249. The lowest BCUT2D eigenvalue weighted by atomic mass is 9.63. The van der Waals surface area contributed by atoms with Crippen molar-refractivity contribution in [1.82, 2.24) is 9.80 Å². The fourth-order valence-corrected chi connectivity index (χ4v) is 4.72. The van der Waals surface area contributed by atoms with Crippen LogP contribution in [0.4, 0.5) is 0 Å². The summed E-state index contributed by atoms with van der Waals surface area (Å²) in [6, 6.07) is 10.9. The molecule has 0 N–H and O–H groups in total. The number of rotatable bonds is 3. The van der Waals surface area contributed by atoms with Gasteiger partial charge in [0, 0.05) is 32.2 Å². The summed E-state index contributed by atoms with van der Waals surface area (Å²) in [6.45, 7) is 7.73. The van der Waals surface area contributed by atoms with Gasteiger partial charge in [-0.25, -0.2) is 0 Å². The van der Waals surface area contributed by atoms with Gasteiger partial charge in [-0.2, -0.15) is 0 Å². The zero-order valence-electron chi connectivity index (χ0n) is 14.6. The fourth-order valence-electron chi connectivity index (χ4n) is 4.72. The molecule has 4 rings (SSSR count). The van der Waals surface area contributed by atoms with Crippen LogP contribution in [0.15, 0.2) is 30.3 Å². The molecule has 0 spiro atoms. The minimum Gasteiger partial charge on any atom is -0.379 e. The third kappa shape index (κ3) is 2.66. The Labute approximate surface area is 144 Å². The van der Waals surface area contributed by atoms with Gasteiger partial charge in [-0.3, -0.25) is 9.69 Å². The monoisotopic (exact) mass is 328 g/mol. The summed E-state index contributed by atoms with van der Waals surface area (Å²) in [6.07, 6.45) is 3.17.